The van der Waals surface area contributed by atoms with Gasteiger partial charge in [-0.15, -0.1) is 0 Å². The molecule has 16 heteroatoms. The summed E-state index contributed by atoms with van der Waals surface area (Å²) in [4.78, 5) is 0. The Morgan fingerprint density at radius 3 is 0.750 bits per heavy atom. The van der Waals surface area contributed by atoms with Crippen LogP contribution in [0.3, 0.4) is 0 Å². The summed E-state index contributed by atoms with van der Waals surface area (Å²) in [5.41, 5.74) is 0. The van der Waals surface area contributed by atoms with Gasteiger partial charge < -0.3 is 20.1 Å². The highest BCUT2D eigenvalue weighted by atomic mass is 127. The van der Waals surface area contributed by atoms with E-state index in [2.05, 4.69) is 10.6 Å². The van der Waals surface area contributed by atoms with Gasteiger partial charge in [-0.25, -0.2) is 35.1 Å². The van der Waals surface area contributed by atoms with Gasteiger partial charge in [0.05, 0.1) is 40.7 Å². The van der Waals surface area contributed by atoms with E-state index in [0.717, 1.165) is 52.6 Å². The number of nitrogens with one attached hydrogen (secondary N) is 2. The highest BCUT2D eigenvalue weighted by molar-refractivity contribution is 14.1. The van der Waals surface area contributed by atoms with E-state index >= 15 is 0 Å². The molecule has 2 N–H and O–H groups in total. The molecular weight excluding hydrogens is 960 g/mol. The molecule has 0 unspecified atom stereocenters. The molecule has 0 bridgehead atoms. The van der Waals surface area contributed by atoms with Crippen molar-refractivity contribution in [2.75, 3.05) is 52.6 Å². The predicted octanol–water partition coefficient (Wildman–Crippen LogP) is 6.12. The number of hydrogen-bond donors (Lipinski definition) is 2. The molecule has 2 aromatic rings. The molecule has 2 aliphatic rings. The average Bonchev–Trinajstić information content (AvgIpc) is 2.93. The van der Waals surface area contributed by atoms with Gasteiger partial charge in [0.15, 0.2) is 46.5 Å². The number of rotatable bonds is 0. The van der Waals surface area contributed by atoms with Crippen LogP contribution in [0.2, 0.25) is 0 Å². The number of ether oxygens (including phenoxy) is 2. The molecule has 204 valence electrons. The second-order valence-electron chi connectivity index (χ2n) is 6.49. The zero-order chi connectivity index (χ0) is 27.4. The molecule has 2 aromatic carbocycles. The van der Waals surface area contributed by atoms with Crippen LogP contribution in [0.5, 0.6) is 0 Å². The minimum absolute atomic E-state index is 0.532. The van der Waals surface area contributed by atoms with Crippen LogP contribution in [0.4, 0.5) is 35.1 Å². The maximum absolute atomic E-state index is 12.8. The molecule has 36 heavy (non-hydrogen) atoms. The third-order valence-electron chi connectivity index (χ3n) is 4.01. The summed E-state index contributed by atoms with van der Waals surface area (Å²) < 4.78 is 109. The molecule has 2 saturated heterocycles. The van der Waals surface area contributed by atoms with E-state index < -0.39 is 60.8 Å². The fourth-order valence-corrected chi connectivity index (χ4v) is 5.25. The molecule has 0 atom stereocenters. The summed E-state index contributed by atoms with van der Waals surface area (Å²) in [6.45, 7) is 7.67. The van der Waals surface area contributed by atoms with Crippen molar-refractivity contribution in [3.05, 3.63) is 60.8 Å². The van der Waals surface area contributed by atoms with E-state index in [9.17, 15) is 35.1 Å². The first-order chi connectivity index (χ1) is 16.9. The molecule has 4 nitrogen and oxygen atoms in total. The first-order valence-electron chi connectivity index (χ1n) is 9.84. The number of halogens is 12. The third kappa shape index (κ3) is 10.7. The lowest BCUT2D eigenvalue weighted by Crippen LogP contribution is -2.30. The zero-order valence-electron chi connectivity index (χ0n) is 18.0. The fourth-order valence-electron chi connectivity index (χ4n) is 2.19. The van der Waals surface area contributed by atoms with Crippen LogP contribution in [0.25, 0.3) is 0 Å². The van der Waals surface area contributed by atoms with Crippen molar-refractivity contribution < 1.29 is 44.6 Å². The van der Waals surface area contributed by atoms with Crippen LogP contribution in [0.1, 0.15) is 0 Å². The Labute approximate surface area is 256 Å². The lowest BCUT2D eigenvalue weighted by Gasteiger charge is -2.10. The average molecular weight is 978 g/mol. The van der Waals surface area contributed by atoms with E-state index in [4.69, 9.17) is 9.47 Å². The maximum Gasteiger partial charge on any atom is 0.196 e. The van der Waals surface area contributed by atoms with E-state index in [1.807, 2.05) is 0 Å². The number of morpholine rings is 2. The van der Waals surface area contributed by atoms with Gasteiger partial charge in [-0.3, -0.25) is 0 Å². The van der Waals surface area contributed by atoms with Crippen molar-refractivity contribution in [3.63, 3.8) is 0 Å². The van der Waals surface area contributed by atoms with Crippen molar-refractivity contribution in [3.8, 4) is 0 Å². The highest BCUT2D eigenvalue weighted by Gasteiger charge is 2.22. The van der Waals surface area contributed by atoms with Crippen molar-refractivity contribution in [2.24, 2.45) is 0 Å². The lowest BCUT2D eigenvalue weighted by molar-refractivity contribution is 0.109. The Hall–Kier alpha value is 0.640. The van der Waals surface area contributed by atoms with Crippen LogP contribution < -0.4 is 10.6 Å². The van der Waals surface area contributed by atoms with E-state index in [1.165, 1.54) is 90.4 Å². The Kier molecular flexibility index (Phi) is 17.4. The highest BCUT2D eigenvalue weighted by Crippen LogP contribution is 2.27. The summed E-state index contributed by atoms with van der Waals surface area (Å²) >= 11 is 5.10. The minimum Gasteiger partial charge on any atom is -0.379 e. The molecule has 0 saturated carbocycles. The van der Waals surface area contributed by atoms with Gasteiger partial charge >= 0.3 is 0 Å². The van der Waals surface area contributed by atoms with E-state index in [1.54, 1.807) is 0 Å². The topological polar surface area (TPSA) is 42.5 Å². The van der Waals surface area contributed by atoms with Gasteiger partial charge in [-0.2, -0.15) is 0 Å². The van der Waals surface area contributed by atoms with Crippen molar-refractivity contribution >= 4 is 90.4 Å². The van der Waals surface area contributed by atoms with E-state index in [-0.39, 0.29) is 0 Å². The zero-order valence-corrected chi connectivity index (χ0v) is 26.6. The number of hydrogen-bond acceptors (Lipinski definition) is 4. The molecule has 2 fully saturated rings. The predicted molar refractivity (Wildman–Crippen MR) is 151 cm³/mol. The standard InChI is InChI=1S/2C6F4I2.2C4H9NO/c2*7-1-2(8)5(11)4(10)6(12)3(1)9;2*1-3-6-4-2-5-1/h;;2*5H,1-4H2. The summed E-state index contributed by atoms with van der Waals surface area (Å²) in [5.74, 6) is -11.3. The van der Waals surface area contributed by atoms with Crippen molar-refractivity contribution in [1.29, 1.82) is 0 Å². The smallest absolute Gasteiger partial charge is 0.196 e. The van der Waals surface area contributed by atoms with Crippen molar-refractivity contribution in [2.45, 2.75) is 0 Å². The Bertz CT molecular complexity index is 700. The molecule has 0 aliphatic carbocycles. The van der Waals surface area contributed by atoms with E-state index in [0.29, 0.717) is 0 Å². The summed E-state index contributed by atoms with van der Waals surface area (Å²) in [6, 6.07) is 0. The Morgan fingerprint density at radius 2 is 0.611 bits per heavy atom. The van der Waals surface area contributed by atoms with Crippen LogP contribution >= 0.6 is 90.4 Å². The van der Waals surface area contributed by atoms with Crippen LogP contribution in [0.15, 0.2) is 0 Å². The molecule has 2 aliphatic heterocycles. The first-order valence-corrected chi connectivity index (χ1v) is 14.2. The van der Waals surface area contributed by atoms with Crippen LogP contribution in [-0.4, -0.2) is 52.6 Å². The summed E-state index contributed by atoms with van der Waals surface area (Å²) in [6.07, 6.45) is 0. The van der Waals surface area contributed by atoms with Gasteiger partial charge in [0, 0.05) is 26.2 Å². The molecule has 2 heterocycles. The summed E-state index contributed by atoms with van der Waals surface area (Å²) in [7, 11) is 0. The van der Waals surface area contributed by atoms with Crippen LogP contribution in [0, 0.1) is 60.8 Å². The van der Waals surface area contributed by atoms with Gasteiger partial charge in [0.1, 0.15) is 0 Å². The first kappa shape index (κ1) is 34.7. The lowest BCUT2D eigenvalue weighted by atomic mass is 10.3. The molecule has 0 spiro atoms. The fraction of sp³-hybridized carbons (Fsp3) is 0.400. The largest absolute Gasteiger partial charge is 0.379 e. The Balaban J connectivity index is 0.000000252. The van der Waals surface area contributed by atoms with Gasteiger partial charge in [0.2, 0.25) is 0 Å². The number of benzene rings is 2. The quantitative estimate of drug-likeness (QED) is 0.145. The molecule has 0 amide bonds. The summed E-state index contributed by atoms with van der Waals surface area (Å²) in [5, 5.41) is 6.32. The normalized spacial score (nSPS) is 15.0. The second kappa shape index (κ2) is 18.1. The third-order valence-corrected chi connectivity index (χ3v) is 7.79. The molecular formula is C20H18F8I4N2O2. The molecule has 0 radical (unpaired) electrons. The monoisotopic (exact) mass is 978 g/mol. The minimum atomic E-state index is -1.63. The van der Waals surface area contributed by atoms with Gasteiger partial charge in [-0.1, -0.05) is 0 Å². The maximum atomic E-state index is 12.8. The SMILES string of the molecule is C1COCCN1.C1COCCN1.Fc1c(F)c(I)c(F)c(I)c1F.Fc1c(F)c(I)c(F)c(I)c1F. The van der Waals surface area contributed by atoms with Gasteiger partial charge in [-0.05, 0) is 90.4 Å². The molecule has 0 aromatic heterocycles. The molecule has 4 rings (SSSR count). The second-order valence-corrected chi connectivity index (χ2v) is 10.8. The Morgan fingerprint density at radius 1 is 0.389 bits per heavy atom. The van der Waals surface area contributed by atoms with Crippen LogP contribution in [-0.2, 0) is 9.47 Å². The van der Waals surface area contributed by atoms with Crippen molar-refractivity contribution in [1.82, 2.24) is 10.6 Å². The van der Waals surface area contributed by atoms with Gasteiger partial charge in [0.25, 0.3) is 0 Å².